The second-order valence-electron chi connectivity index (χ2n) is 3.37. The zero-order valence-electron chi connectivity index (χ0n) is 8.47. The molecule has 14 heavy (non-hydrogen) atoms. The van der Waals surface area contributed by atoms with Crippen molar-refractivity contribution in [3.63, 3.8) is 0 Å². The molecule has 2 nitrogen and oxygen atoms in total. The van der Waals surface area contributed by atoms with E-state index in [0.717, 1.165) is 12.8 Å². The zero-order valence-corrected chi connectivity index (χ0v) is 8.47. The molecule has 1 aliphatic rings. The average molecular weight is 192 g/mol. The van der Waals surface area contributed by atoms with Crippen molar-refractivity contribution < 1.29 is 9.67 Å². The Morgan fingerprint density at radius 3 is 2.00 bits per heavy atom. The number of aliphatic hydroxyl groups is 1. The first-order valence-corrected chi connectivity index (χ1v) is 5.17. The van der Waals surface area contributed by atoms with Crippen LogP contribution in [0, 0.1) is 0 Å². The van der Waals surface area contributed by atoms with Crippen molar-refractivity contribution in [2.75, 3.05) is 0 Å². The minimum Gasteiger partial charge on any atom is -0.516 e. The molecule has 0 radical (unpaired) electrons. The van der Waals surface area contributed by atoms with Crippen LogP contribution in [0.15, 0.2) is 42.9 Å². The molecule has 76 valence electrons. The predicted octanol–water partition coefficient (Wildman–Crippen LogP) is 2.61. The summed E-state index contributed by atoms with van der Waals surface area (Å²) >= 11 is 0. The van der Waals surface area contributed by atoms with E-state index < -0.39 is 0 Å². The van der Waals surface area contributed by atoms with Gasteiger partial charge in [0.1, 0.15) is 0 Å². The molecule has 1 saturated carbocycles. The van der Waals surface area contributed by atoms with Crippen LogP contribution in [0.25, 0.3) is 0 Å². The second-order valence-corrected chi connectivity index (χ2v) is 3.37. The van der Waals surface area contributed by atoms with Gasteiger partial charge < -0.3 is 5.11 Å². The highest BCUT2D eigenvalue weighted by Crippen LogP contribution is 2.15. The van der Waals surface area contributed by atoms with Gasteiger partial charge in [-0.1, -0.05) is 31.7 Å². The van der Waals surface area contributed by atoms with E-state index in [1.165, 1.54) is 25.7 Å². The summed E-state index contributed by atoms with van der Waals surface area (Å²) in [6, 6.07) is 5.86. The number of hydrogen-bond donors (Lipinski definition) is 1. The van der Waals surface area contributed by atoms with Crippen molar-refractivity contribution in [2.45, 2.75) is 32.2 Å². The van der Waals surface area contributed by atoms with Crippen LogP contribution < -0.4 is 4.57 Å². The number of aromatic nitrogens is 1. The van der Waals surface area contributed by atoms with Gasteiger partial charge >= 0.3 is 0 Å². The van der Waals surface area contributed by atoms with Gasteiger partial charge in [-0.2, -0.15) is 0 Å². The van der Waals surface area contributed by atoms with Crippen LogP contribution in [0.3, 0.4) is 0 Å². The highest BCUT2D eigenvalue weighted by Gasteiger charge is 1.95. The fourth-order valence-electron chi connectivity index (χ4n) is 0.975. The van der Waals surface area contributed by atoms with E-state index in [4.69, 9.17) is 5.11 Å². The molecule has 0 aliphatic heterocycles. The molecule has 1 heterocycles. The van der Waals surface area contributed by atoms with Gasteiger partial charge in [0.25, 0.3) is 0 Å². The lowest BCUT2D eigenvalue weighted by Gasteiger charge is -2.05. The second kappa shape index (κ2) is 7.13. The average Bonchev–Trinajstić information content (AvgIpc) is 2.14. The molecule has 1 aromatic heterocycles. The smallest absolute Gasteiger partial charge is 0.170 e. The molecule has 2 heteroatoms. The van der Waals surface area contributed by atoms with E-state index in [9.17, 15) is 0 Å². The van der Waals surface area contributed by atoms with Gasteiger partial charge in [0.05, 0.1) is 6.26 Å². The molecule has 1 aliphatic carbocycles. The van der Waals surface area contributed by atoms with Crippen LogP contribution in [0.5, 0.6) is 0 Å². The molecule has 2 rings (SSSR count). The summed E-state index contributed by atoms with van der Waals surface area (Å²) < 4.78 is 1.96. The fourth-order valence-corrected chi connectivity index (χ4v) is 0.975. The van der Waals surface area contributed by atoms with E-state index in [1.54, 1.807) is 6.08 Å². The van der Waals surface area contributed by atoms with Crippen molar-refractivity contribution >= 4 is 0 Å². The van der Waals surface area contributed by atoms with Crippen LogP contribution in [0.4, 0.5) is 0 Å². The Morgan fingerprint density at radius 2 is 1.57 bits per heavy atom. The van der Waals surface area contributed by atoms with Crippen LogP contribution in [0.2, 0.25) is 0 Å². The minimum atomic E-state index is 0.720. The third-order valence-corrected chi connectivity index (χ3v) is 2.20. The number of hydrogen-bond acceptors (Lipinski definition) is 1. The van der Waals surface area contributed by atoms with Crippen LogP contribution in [0.1, 0.15) is 25.7 Å². The van der Waals surface area contributed by atoms with Crippen molar-refractivity contribution in [1.29, 1.82) is 0 Å². The lowest BCUT2D eigenvalue weighted by atomic mass is 10.0. The standard InChI is InChI=1S/C8H9NO.C4H8/c10-8-4-7-9-5-2-1-3-6-9;1-2-4-3-1/h1-6,8H,7H2;1-4H2/p+1. The Hall–Kier alpha value is -1.31. The SMILES string of the molecule is C1CCC1.OC=CC[n+]1ccccc1. The summed E-state index contributed by atoms with van der Waals surface area (Å²) in [5, 5.41) is 8.33. The summed E-state index contributed by atoms with van der Waals surface area (Å²) in [6.07, 6.45) is 12.6. The van der Waals surface area contributed by atoms with Crippen molar-refractivity contribution in [1.82, 2.24) is 0 Å². The number of rotatable bonds is 2. The Labute approximate surface area is 85.5 Å². The van der Waals surface area contributed by atoms with Crippen LogP contribution >= 0.6 is 0 Å². The molecular weight excluding hydrogens is 174 g/mol. The molecule has 0 atom stereocenters. The van der Waals surface area contributed by atoms with E-state index in [2.05, 4.69) is 0 Å². The third-order valence-electron chi connectivity index (χ3n) is 2.20. The Bertz CT molecular complexity index is 248. The van der Waals surface area contributed by atoms with Gasteiger partial charge in [0, 0.05) is 18.2 Å². The lowest BCUT2D eigenvalue weighted by molar-refractivity contribution is -0.687. The fraction of sp³-hybridized carbons (Fsp3) is 0.417. The summed E-state index contributed by atoms with van der Waals surface area (Å²) in [6.45, 7) is 0.720. The molecule has 1 fully saturated rings. The maximum Gasteiger partial charge on any atom is 0.170 e. The van der Waals surface area contributed by atoms with E-state index in [1.807, 2.05) is 35.2 Å². The molecule has 1 aromatic rings. The molecule has 0 bridgehead atoms. The van der Waals surface area contributed by atoms with Gasteiger partial charge in [0.15, 0.2) is 18.9 Å². The summed E-state index contributed by atoms with van der Waals surface area (Å²) in [4.78, 5) is 0. The number of pyridine rings is 1. The van der Waals surface area contributed by atoms with E-state index in [-0.39, 0.29) is 0 Å². The van der Waals surface area contributed by atoms with Crippen molar-refractivity contribution in [3.05, 3.63) is 42.9 Å². The topological polar surface area (TPSA) is 24.1 Å². The van der Waals surface area contributed by atoms with Gasteiger partial charge in [0.2, 0.25) is 0 Å². The molecule has 1 N–H and O–H groups in total. The Kier molecular flexibility index (Phi) is 5.48. The number of nitrogens with zero attached hydrogens (tertiary/aromatic N) is 1. The molecule has 0 saturated heterocycles. The Balaban J connectivity index is 0.000000203. The Morgan fingerprint density at radius 1 is 1.00 bits per heavy atom. The summed E-state index contributed by atoms with van der Waals surface area (Å²) in [5.74, 6) is 0. The monoisotopic (exact) mass is 192 g/mol. The van der Waals surface area contributed by atoms with Crippen molar-refractivity contribution in [3.8, 4) is 0 Å². The van der Waals surface area contributed by atoms with E-state index >= 15 is 0 Å². The molecular formula is C12H18NO+. The minimum absolute atomic E-state index is 0.720. The number of aliphatic hydroxyl groups excluding tert-OH is 1. The first-order chi connectivity index (χ1) is 6.93. The largest absolute Gasteiger partial charge is 0.516 e. The molecule has 0 spiro atoms. The van der Waals surface area contributed by atoms with Crippen LogP contribution in [-0.2, 0) is 6.54 Å². The van der Waals surface area contributed by atoms with Gasteiger partial charge in [-0.3, -0.25) is 0 Å². The first kappa shape index (κ1) is 10.8. The maximum atomic E-state index is 8.33. The first-order valence-electron chi connectivity index (χ1n) is 5.17. The van der Waals surface area contributed by atoms with Gasteiger partial charge in [-0.25, -0.2) is 4.57 Å². The predicted molar refractivity (Wildman–Crippen MR) is 56.9 cm³/mol. The lowest BCUT2D eigenvalue weighted by Crippen LogP contribution is -2.30. The molecule has 0 amide bonds. The highest BCUT2D eigenvalue weighted by atomic mass is 16.2. The van der Waals surface area contributed by atoms with Crippen LogP contribution in [-0.4, -0.2) is 5.11 Å². The van der Waals surface area contributed by atoms with E-state index in [0.29, 0.717) is 0 Å². The molecule has 0 aromatic carbocycles. The number of allylic oxidation sites excluding steroid dienone is 1. The summed E-state index contributed by atoms with van der Waals surface area (Å²) in [5.41, 5.74) is 0. The highest BCUT2D eigenvalue weighted by molar-refractivity contribution is 4.84. The quantitative estimate of drug-likeness (QED) is 0.565. The van der Waals surface area contributed by atoms with Crippen molar-refractivity contribution in [2.24, 2.45) is 0 Å². The summed E-state index contributed by atoms with van der Waals surface area (Å²) in [7, 11) is 0. The van der Waals surface area contributed by atoms with Gasteiger partial charge in [-0.05, 0) is 0 Å². The third kappa shape index (κ3) is 4.65. The van der Waals surface area contributed by atoms with Gasteiger partial charge in [-0.15, -0.1) is 0 Å². The zero-order chi connectivity index (χ0) is 10.1. The maximum absolute atomic E-state index is 8.33. The molecule has 0 unspecified atom stereocenters. The normalized spacial score (nSPS) is 14.3.